The van der Waals surface area contributed by atoms with E-state index in [2.05, 4.69) is 15.1 Å². The second-order valence-electron chi connectivity index (χ2n) is 7.92. The molecular weight excluding hydrogens is 401 g/mol. The van der Waals surface area contributed by atoms with E-state index < -0.39 is 5.41 Å². The third-order valence-electron chi connectivity index (χ3n) is 5.85. The molecular formula is C22H26FN5O3. The number of aryl methyl sites for hydroxylation is 1. The number of benzene rings is 1. The Balaban J connectivity index is 1.52. The molecule has 0 radical (unpaired) electrons. The summed E-state index contributed by atoms with van der Waals surface area (Å²) in [6, 6.07) is 5.95. The van der Waals surface area contributed by atoms with Crippen LogP contribution in [0.3, 0.4) is 0 Å². The fourth-order valence-electron chi connectivity index (χ4n) is 4.09. The number of likely N-dealkylation sites (tertiary alicyclic amines) is 1. The first-order valence-corrected chi connectivity index (χ1v) is 10.4. The molecule has 3 aromatic rings. The Morgan fingerprint density at radius 2 is 2.16 bits per heavy atom. The topological polar surface area (TPSA) is 86.3 Å². The van der Waals surface area contributed by atoms with Gasteiger partial charge in [0.25, 0.3) is 5.89 Å². The number of methoxy groups -OCH3 is 1. The van der Waals surface area contributed by atoms with Gasteiger partial charge in [-0.05, 0) is 43.5 Å². The fraction of sp³-hybridized carbons (Fsp3) is 0.455. The predicted molar refractivity (Wildman–Crippen MR) is 111 cm³/mol. The van der Waals surface area contributed by atoms with Crippen LogP contribution in [0, 0.1) is 5.82 Å². The Morgan fingerprint density at radius 1 is 1.32 bits per heavy atom. The highest BCUT2D eigenvalue weighted by atomic mass is 19.1. The van der Waals surface area contributed by atoms with Crippen LogP contribution in [0.15, 0.2) is 47.5 Å². The number of amides is 1. The van der Waals surface area contributed by atoms with Crippen molar-refractivity contribution in [1.29, 1.82) is 0 Å². The maximum atomic E-state index is 13.2. The van der Waals surface area contributed by atoms with Crippen molar-refractivity contribution < 1.29 is 18.4 Å². The molecule has 0 aliphatic carbocycles. The summed E-state index contributed by atoms with van der Waals surface area (Å²) in [5, 5.41) is 4.26. The van der Waals surface area contributed by atoms with E-state index in [4.69, 9.17) is 9.26 Å². The van der Waals surface area contributed by atoms with Gasteiger partial charge in [0.15, 0.2) is 5.82 Å². The largest absolute Gasteiger partial charge is 0.385 e. The molecule has 1 amide bonds. The number of carbonyl (C=O) groups excluding carboxylic acids is 1. The molecule has 0 saturated carbocycles. The van der Waals surface area contributed by atoms with Gasteiger partial charge in [0.05, 0.1) is 11.7 Å². The van der Waals surface area contributed by atoms with Crippen LogP contribution in [0.1, 0.15) is 31.5 Å². The molecule has 1 unspecified atom stereocenters. The highest BCUT2D eigenvalue weighted by molar-refractivity contribution is 5.76. The minimum Gasteiger partial charge on any atom is -0.385 e. The van der Waals surface area contributed by atoms with Crippen molar-refractivity contribution in [1.82, 2.24) is 24.6 Å². The van der Waals surface area contributed by atoms with Gasteiger partial charge in [-0.1, -0.05) is 5.16 Å². The second-order valence-corrected chi connectivity index (χ2v) is 7.92. The molecule has 1 fully saturated rings. The van der Waals surface area contributed by atoms with E-state index in [-0.39, 0.29) is 11.7 Å². The van der Waals surface area contributed by atoms with Crippen LogP contribution in [-0.4, -0.2) is 57.3 Å². The Kier molecular flexibility index (Phi) is 6.41. The number of piperidine rings is 1. The van der Waals surface area contributed by atoms with Crippen molar-refractivity contribution >= 4 is 5.91 Å². The van der Waals surface area contributed by atoms with Crippen molar-refractivity contribution in [2.24, 2.45) is 0 Å². The highest BCUT2D eigenvalue weighted by Gasteiger charge is 2.42. The molecule has 0 spiro atoms. The van der Waals surface area contributed by atoms with Crippen LogP contribution in [0.2, 0.25) is 0 Å². The molecule has 1 aliphatic heterocycles. The number of halogens is 1. The zero-order valence-electron chi connectivity index (χ0n) is 17.5. The van der Waals surface area contributed by atoms with Crippen LogP contribution >= 0.6 is 0 Å². The molecule has 1 aromatic carbocycles. The molecule has 8 nitrogen and oxygen atoms in total. The van der Waals surface area contributed by atoms with Gasteiger partial charge >= 0.3 is 0 Å². The summed E-state index contributed by atoms with van der Waals surface area (Å²) < 4.78 is 26.0. The van der Waals surface area contributed by atoms with E-state index in [1.807, 2.05) is 15.7 Å². The number of nitrogens with zero attached hydrogens (tertiary/aromatic N) is 5. The van der Waals surface area contributed by atoms with E-state index in [9.17, 15) is 9.18 Å². The molecule has 4 rings (SSSR count). The number of ether oxygens (including phenoxy) is 1. The first-order valence-electron chi connectivity index (χ1n) is 10.4. The summed E-state index contributed by atoms with van der Waals surface area (Å²) in [6.07, 6.45) is 8.04. The van der Waals surface area contributed by atoms with Crippen molar-refractivity contribution in [3.8, 4) is 11.5 Å². The third kappa shape index (κ3) is 4.82. The maximum Gasteiger partial charge on any atom is 0.257 e. The summed E-state index contributed by atoms with van der Waals surface area (Å²) in [5.41, 5.74) is 0.215. The highest BCUT2D eigenvalue weighted by Crippen LogP contribution is 2.37. The summed E-state index contributed by atoms with van der Waals surface area (Å²) in [6.45, 7) is 2.34. The van der Waals surface area contributed by atoms with Crippen molar-refractivity contribution in [2.75, 3.05) is 26.8 Å². The van der Waals surface area contributed by atoms with Crippen LogP contribution in [0.5, 0.6) is 0 Å². The Labute approximate surface area is 180 Å². The van der Waals surface area contributed by atoms with Gasteiger partial charge in [-0.3, -0.25) is 4.79 Å². The summed E-state index contributed by atoms with van der Waals surface area (Å²) in [4.78, 5) is 23.4. The minimum absolute atomic E-state index is 0.0949. The summed E-state index contributed by atoms with van der Waals surface area (Å²) >= 11 is 0. The van der Waals surface area contributed by atoms with Gasteiger partial charge in [-0.25, -0.2) is 9.37 Å². The molecule has 0 bridgehead atoms. The fourth-order valence-corrected chi connectivity index (χ4v) is 4.09. The van der Waals surface area contributed by atoms with Gasteiger partial charge in [-0.15, -0.1) is 0 Å². The third-order valence-corrected chi connectivity index (χ3v) is 5.85. The second kappa shape index (κ2) is 9.38. The van der Waals surface area contributed by atoms with E-state index >= 15 is 0 Å². The van der Waals surface area contributed by atoms with Crippen LogP contribution in [-0.2, 0) is 21.5 Å². The summed E-state index contributed by atoms with van der Waals surface area (Å²) in [7, 11) is 1.66. The Morgan fingerprint density at radius 3 is 2.90 bits per heavy atom. The lowest BCUT2D eigenvalue weighted by Gasteiger charge is -2.41. The monoisotopic (exact) mass is 427 g/mol. The number of aromatic nitrogens is 4. The zero-order valence-corrected chi connectivity index (χ0v) is 17.5. The number of carbonyl (C=O) groups is 1. The minimum atomic E-state index is -0.444. The molecule has 2 aromatic heterocycles. The molecule has 9 heteroatoms. The van der Waals surface area contributed by atoms with E-state index in [1.165, 1.54) is 12.1 Å². The summed E-state index contributed by atoms with van der Waals surface area (Å²) in [5.74, 6) is 0.681. The van der Waals surface area contributed by atoms with Crippen molar-refractivity contribution in [2.45, 2.75) is 37.6 Å². The molecule has 0 N–H and O–H groups in total. The van der Waals surface area contributed by atoms with Gasteiger partial charge in [0, 0.05) is 57.7 Å². The van der Waals surface area contributed by atoms with Crippen molar-refractivity contribution in [3.05, 3.63) is 54.6 Å². The van der Waals surface area contributed by atoms with E-state index in [0.29, 0.717) is 56.4 Å². The quantitative estimate of drug-likeness (QED) is 0.549. The lowest BCUT2D eigenvalue weighted by atomic mass is 9.76. The molecule has 3 heterocycles. The lowest BCUT2D eigenvalue weighted by molar-refractivity contribution is -0.134. The lowest BCUT2D eigenvalue weighted by Crippen LogP contribution is -2.49. The molecule has 1 aliphatic rings. The molecule has 1 atom stereocenters. The molecule has 1 saturated heterocycles. The zero-order chi connectivity index (χ0) is 21.7. The average molecular weight is 427 g/mol. The average Bonchev–Trinajstić information content (AvgIpc) is 3.49. The first-order chi connectivity index (χ1) is 15.1. The molecule has 164 valence electrons. The van der Waals surface area contributed by atoms with E-state index in [0.717, 1.165) is 12.8 Å². The van der Waals surface area contributed by atoms with Crippen LogP contribution in [0.25, 0.3) is 11.5 Å². The van der Waals surface area contributed by atoms with Gasteiger partial charge in [0.1, 0.15) is 5.82 Å². The van der Waals surface area contributed by atoms with Gasteiger partial charge < -0.3 is 18.7 Å². The standard InChI is InChI=1S/C22H26FN5O3/c1-30-14-9-22(21-25-20(31-26-21)17-3-5-18(23)6-4-17)8-2-11-28(15-22)19(29)7-12-27-13-10-24-16-27/h3-6,10,13,16H,2,7-9,11-12,14-15H2,1H3. The normalized spacial score (nSPS) is 19.0. The Bertz CT molecular complexity index is 989. The molecule has 31 heavy (non-hydrogen) atoms. The number of imidazole rings is 1. The van der Waals surface area contributed by atoms with Crippen molar-refractivity contribution in [3.63, 3.8) is 0 Å². The van der Waals surface area contributed by atoms with Gasteiger partial charge in [-0.2, -0.15) is 4.98 Å². The first kappa shape index (κ1) is 21.2. The number of rotatable bonds is 8. The number of hydrogen-bond donors (Lipinski definition) is 0. The smallest absolute Gasteiger partial charge is 0.257 e. The predicted octanol–water partition coefficient (Wildman–Crippen LogP) is 3.06. The maximum absolute atomic E-state index is 13.2. The SMILES string of the molecule is COCCC1(c2noc(-c3ccc(F)cc3)n2)CCCN(C(=O)CCn2ccnc2)C1. The van der Waals surface area contributed by atoms with Crippen LogP contribution in [0.4, 0.5) is 4.39 Å². The Hall–Kier alpha value is -3.07. The van der Waals surface area contributed by atoms with E-state index in [1.54, 1.807) is 31.8 Å². The van der Waals surface area contributed by atoms with Gasteiger partial charge in [0.2, 0.25) is 5.91 Å². The van der Waals surface area contributed by atoms with Crippen LogP contribution < -0.4 is 0 Å². The number of hydrogen-bond acceptors (Lipinski definition) is 6.